The highest BCUT2D eigenvalue weighted by Crippen LogP contribution is 2.14. The van der Waals surface area contributed by atoms with Crippen molar-refractivity contribution in [1.29, 1.82) is 0 Å². The van der Waals surface area contributed by atoms with Crippen molar-refractivity contribution in [3.8, 4) is 11.8 Å². The van der Waals surface area contributed by atoms with Crippen LogP contribution in [-0.2, 0) is 6.42 Å². The number of imidazole rings is 1. The zero-order chi connectivity index (χ0) is 17.8. The normalized spacial score (nSPS) is 10.4. The molecule has 0 bridgehead atoms. The third-order valence-corrected chi connectivity index (χ3v) is 3.78. The Kier molecular flexibility index (Phi) is 4.82. The lowest BCUT2D eigenvalue weighted by atomic mass is 10.1. The molecule has 0 aliphatic heterocycles. The van der Waals surface area contributed by atoms with Crippen molar-refractivity contribution >= 4 is 16.9 Å². The quantitative estimate of drug-likeness (QED) is 0.722. The van der Waals surface area contributed by atoms with Crippen LogP contribution in [0.4, 0.5) is 0 Å². The number of benzene rings is 2. The first-order chi connectivity index (χ1) is 12.1. The van der Waals surface area contributed by atoms with Crippen LogP contribution in [0, 0.1) is 11.8 Å². The van der Waals surface area contributed by atoms with Gasteiger partial charge in [-0.2, -0.15) is 0 Å². The number of nitrogens with one attached hydrogen (secondary N) is 1. The fourth-order valence-electron chi connectivity index (χ4n) is 2.53. The van der Waals surface area contributed by atoms with Crippen molar-refractivity contribution in [2.75, 3.05) is 20.6 Å². The lowest BCUT2D eigenvalue weighted by Crippen LogP contribution is -2.21. The molecule has 0 saturated heterocycles. The highest BCUT2D eigenvalue weighted by atomic mass is 16.2. The first-order valence-electron chi connectivity index (χ1n) is 8.09. The van der Waals surface area contributed by atoms with Crippen molar-refractivity contribution in [2.45, 2.75) is 6.42 Å². The summed E-state index contributed by atoms with van der Waals surface area (Å²) in [7, 11) is 3.47. The van der Waals surface area contributed by atoms with Crippen molar-refractivity contribution in [3.05, 3.63) is 65.0 Å². The Morgan fingerprint density at radius 1 is 1.16 bits per heavy atom. The summed E-state index contributed by atoms with van der Waals surface area (Å²) in [6, 6.07) is 13.2. The molecule has 5 nitrogen and oxygen atoms in total. The molecule has 1 aromatic heterocycles. The van der Waals surface area contributed by atoms with Gasteiger partial charge in [0.15, 0.2) is 0 Å². The van der Waals surface area contributed by atoms with Crippen LogP contribution in [0.3, 0.4) is 0 Å². The van der Waals surface area contributed by atoms with E-state index in [1.165, 1.54) is 0 Å². The summed E-state index contributed by atoms with van der Waals surface area (Å²) in [6.07, 6.45) is 0.725. The van der Waals surface area contributed by atoms with Gasteiger partial charge in [-0.1, -0.05) is 17.9 Å². The van der Waals surface area contributed by atoms with Crippen LogP contribution in [0.2, 0.25) is 0 Å². The number of fused-ring (bicyclic) bond motifs is 1. The van der Waals surface area contributed by atoms with Gasteiger partial charge in [-0.25, -0.2) is 4.98 Å². The second-order valence-corrected chi connectivity index (χ2v) is 5.98. The summed E-state index contributed by atoms with van der Waals surface area (Å²) in [6.45, 7) is 0.564. The Labute approximate surface area is 146 Å². The molecule has 1 amide bonds. The van der Waals surface area contributed by atoms with Crippen molar-refractivity contribution in [3.63, 3.8) is 0 Å². The van der Waals surface area contributed by atoms with E-state index in [4.69, 9.17) is 5.73 Å². The highest BCUT2D eigenvalue weighted by Gasteiger charge is 2.07. The van der Waals surface area contributed by atoms with Gasteiger partial charge in [0.1, 0.15) is 5.82 Å². The minimum atomic E-state index is -0.0324. The van der Waals surface area contributed by atoms with Gasteiger partial charge in [-0.3, -0.25) is 4.79 Å². The first-order valence-corrected chi connectivity index (χ1v) is 8.09. The molecule has 0 aliphatic carbocycles. The van der Waals surface area contributed by atoms with Crippen LogP contribution in [-0.4, -0.2) is 41.4 Å². The van der Waals surface area contributed by atoms with Gasteiger partial charge in [0.2, 0.25) is 0 Å². The summed E-state index contributed by atoms with van der Waals surface area (Å²) < 4.78 is 0. The Balaban J connectivity index is 1.87. The number of H-pyrrole nitrogens is 1. The molecule has 0 fully saturated rings. The number of hydrogen-bond acceptors (Lipinski definition) is 3. The zero-order valence-corrected chi connectivity index (χ0v) is 14.3. The molecule has 0 aliphatic rings. The van der Waals surface area contributed by atoms with E-state index in [2.05, 4.69) is 21.8 Å². The standard InChI is InChI=1S/C20H20N4O/c1-24(2)20(25)16-5-3-4-14(12-16)6-7-15-8-9-17-18(13-15)23-19(22-17)10-11-21/h3-5,8-9,12-13H,10-11,21H2,1-2H3,(H,22,23). The summed E-state index contributed by atoms with van der Waals surface area (Å²) >= 11 is 0. The molecule has 3 N–H and O–H groups in total. The SMILES string of the molecule is CN(C)C(=O)c1cccc(C#Cc2ccc3nc(CCN)[nH]c3c2)c1. The largest absolute Gasteiger partial charge is 0.345 e. The Bertz CT molecular complexity index is 976. The number of rotatable bonds is 3. The van der Waals surface area contributed by atoms with Gasteiger partial charge in [0.05, 0.1) is 11.0 Å². The van der Waals surface area contributed by atoms with Crippen molar-refractivity contribution < 1.29 is 4.79 Å². The zero-order valence-electron chi connectivity index (χ0n) is 14.3. The molecule has 25 heavy (non-hydrogen) atoms. The maximum absolute atomic E-state index is 12.0. The number of nitrogens with zero attached hydrogens (tertiary/aromatic N) is 2. The van der Waals surface area contributed by atoms with Crippen LogP contribution >= 0.6 is 0 Å². The third-order valence-electron chi connectivity index (χ3n) is 3.78. The molecule has 0 unspecified atom stereocenters. The van der Waals surface area contributed by atoms with E-state index in [1.807, 2.05) is 36.4 Å². The summed E-state index contributed by atoms with van der Waals surface area (Å²) in [4.78, 5) is 21.3. The van der Waals surface area contributed by atoms with Crippen LogP contribution in [0.1, 0.15) is 27.3 Å². The van der Waals surface area contributed by atoms with Crippen LogP contribution in [0.25, 0.3) is 11.0 Å². The smallest absolute Gasteiger partial charge is 0.253 e. The minimum absolute atomic E-state index is 0.0324. The maximum Gasteiger partial charge on any atom is 0.253 e. The predicted molar refractivity (Wildman–Crippen MR) is 99.3 cm³/mol. The predicted octanol–water partition coefficient (Wildman–Crippen LogP) is 2.17. The van der Waals surface area contributed by atoms with E-state index in [0.29, 0.717) is 12.1 Å². The number of aromatic nitrogens is 2. The fourth-order valence-corrected chi connectivity index (χ4v) is 2.53. The number of aromatic amines is 1. The Morgan fingerprint density at radius 3 is 2.64 bits per heavy atom. The first kappa shape index (κ1) is 16.7. The highest BCUT2D eigenvalue weighted by molar-refractivity contribution is 5.94. The van der Waals surface area contributed by atoms with Gasteiger partial charge < -0.3 is 15.6 Å². The average molecular weight is 332 g/mol. The lowest BCUT2D eigenvalue weighted by Gasteiger charge is -2.09. The van der Waals surface area contributed by atoms with Crippen LogP contribution in [0.5, 0.6) is 0 Å². The van der Waals surface area contributed by atoms with E-state index in [9.17, 15) is 4.79 Å². The molecule has 5 heteroatoms. The number of amides is 1. The molecule has 3 rings (SSSR count). The fraction of sp³-hybridized carbons (Fsp3) is 0.200. The summed E-state index contributed by atoms with van der Waals surface area (Å²) in [5.41, 5.74) is 9.75. The molecular weight excluding hydrogens is 312 g/mol. The third kappa shape index (κ3) is 3.87. The minimum Gasteiger partial charge on any atom is -0.345 e. The van der Waals surface area contributed by atoms with Gasteiger partial charge in [0, 0.05) is 37.2 Å². The van der Waals surface area contributed by atoms with Crippen LogP contribution in [0.15, 0.2) is 42.5 Å². The molecule has 0 atom stereocenters. The summed E-state index contributed by atoms with van der Waals surface area (Å²) in [5, 5.41) is 0. The van der Waals surface area contributed by atoms with E-state index < -0.39 is 0 Å². The van der Waals surface area contributed by atoms with E-state index in [0.717, 1.165) is 34.4 Å². The Hall–Kier alpha value is -3.10. The number of carbonyl (C=O) groups is 1. The molecule has 3 aromatic rings. The summed E-state index contributed by atoms with van der Waals surface area (Å²) in [5.74, 6) is 7.11. The van der Waals surface area contributed by atoms with Crippen molar-refractivity contribution in [2.24, 2.45) is 5.73 Å². The van der Waals surface area contributed by atoms with Crippen molar-refractivity contribution in [1.82, 2.24) is 14.9 Å². The van der Waals surface area contributed by atoms with Gasteiger partial charge in [-0.15, -0.1) is 0 Å². The van der Waals surface area contributed by atoms with E-state index in [-0.39, 0.29) is 5.91 Å². The monoisotopic (exact) mass is 332 g/mol. The molecular formula is C20H20N4O. The second-order valence-electron chi connectivity index (χ2n) is 5.98. The van der Waals surface area contributed by atoms with E-state index >= 15 is 0 Å². The van der Waals surface area contributed by atoms with Gasteiger partial charge >= 0.3 is 0 Å². The molecule has 0 radical (unpaired) electrons. The van der Waals surface area contributed by atoms with Crippen LogP contribution < -0.4 is 5.73 Å². The Morgan fingerprint density at radius 2 is 1.92 bits per heavy atom. The maximum atomic E-state index is 12.0. The van der Waals surface area contributed by atoms with Gasteiger partial charge in [-0.05, 0) is 42.9 Å². The topological polar surface area (TPSA) is 75.0 Å². The van der Waals surface area contributed by atoms with E-state index in [1.54, 1.807) is 25.1 Å². The van der Waals surface area contributed by atoms with Gasteiger partial charge in [0.25, 0.3) is 5.91 Å². The number of nitrogens with two attached hydrogens (primary N) is 1. The lowest BCUT2D eigenvalue weighted by molar-refractivity contribution is 0.0827. The average Bonchev–Trinajstić information content (AvgIpc) is 3.01. The number of hydrogen-bond donors (Lipinski definition) is 2. The molecule has 0 spiro atoms. The number of carbonyl (C=O) groups excluding carboxylic acids is 1. The second kappa shape index (κ2) is 7.20. The molecule has 2 aromatic carbocycles. The molecule has 1 heterocycles. The molecule has 0 saturated carbocycles. The molecule has 126 valence electrons.